The van der Waals surface area contributed by atoms with Crippen molar-refractivity contribution in [2.75, 3.05) is 13.2 Å². The number of benzene rings is 1. The third-order valence-electron chi connectivity index (χ3n) is 3.22. The minimum Gasteiger partial charge on any atom is -0.491 e. The molecule has 114 valence electrons. The lowest BCUT2D eigenvalue weighted by molar-refractivity contribution is 0.106. The van der Waals surface area contributed by atoms with Crippen molar-refractivity contribution in [1.82, 2.24) is 15.5 Å². The Hall–Kier alpha value is -1.92. The Morgan fingerprint density at radius 2 is 2.05 bits per heavy atom. The van der Waals surface area contributed by atoms with Gasteiger partial charge in [-0.2, -0.15) is 5.10 Å². The first-order chi connectivity index (χ1) is 10.1. The largest absolute Gasteiger partial charge is 0.491 e. The molecule has 0 bridgehead atoms. The van der Waals surface area contributed by atoms with Gasteiger partial charge in [0.1, 0.15) is 24.3 Å². The number of hydrogen-bond acceptors (Lipinski definition) is 4. The van der Waals surface area contributed by atoms with Crippen LogP contribution < -0.4 is 10.1 Å². The molecule has 2 rings (SSSR count). The molecule has 1 heterocycles. The second kappa shape index (κ2) is 7.19. The Morgan fingerprint density at radius 3 is 2.67 bits per heavy atom. The van der Waals surface area contributed by atoms with E-state index in [1.807, 2.05) is 13.8 Å². The van der Waals surface area contributed by atoms with Gasteiger partial charge in [-0.1, -0.05) is 0 Å². The van der Waals surface area contributed by atoms with Gasteiger partial charge in [-0.05, 0) is 38.1 Å². The number of nitrogens with one attached hydrogen (secondary N) is 2. The average molecular weight is 293 g/mol. The van der Waals surface area contributed by atoms with E-state index >= 15 is 0 Å². The molecule has 5 nitrogen and oxygen atoms in total. The van der Waals surface area contributed by atoms with Crippen molar-refractivity contribution < 1.29 is 14.2 Å². The van der Waals surface area contributed by atoms with Crippen LogP contribution in [0, 0.1) is 19.7 Å². The smallest absolute Gasteiger partial charge is 0.123 e. The molecule has 0 radical (unpaired) electrons. The van der Waals surface area contributed by atoms with E-state index in [0.717, 1.165) is 17.0 Å². The van der Waals surface area contributed by atoms with E-state index in [1.165, 1.54) is 24.3 Å². The van der Waals surface area contributed by atoms with Crippen molar-refractivity contribution in [1.29, 1.82) is 0 Å². The van der Waals surface area contributed by atoms with Crippen LogP contribution in [0.1, 0.15) is 17.0 Å². The van der Waals surface area contributed by atoms with Gasteiger partial charge in [0.2, 0.25) is 0 Å². The fourth-order valence-electron chi connectivity index (χ4n) is 1.98. The first kappa shape index (κ1) is 15.5. The highest BCUT2D eigenvalue weighted by Crippen LogP contribution is 2.11. The Labute approximate surface area is 123 Å². The predicted octanol–water partition coefficient (Wildman–Crippen LogP) is 1.70. The molecule has 6 heteroatoms. The monoisotopic (exact) mass is 293 g/mol. The van der Waals surface area contributed by atoms with Crippen LogP contribution in [0.4, 0.5) is 4.39 Å². The molecule has 0 aliphatic heterocycles. The van der Waals surface area contributed by atoms with Gasteiger partial charge < -0.3 is 15.2 Å². The second-order valence-corrected chi connectivity index (χ2v) is 4.96. The molecule has 0 saturated carbocycles. The predicted molar refractivity (Wildman–Crippen MR) is 77.7 cm³/mol. The molecule has 1 aromatic heterocycles. The van der Waals surface area contributed by atoms with E-state index in [1.54, 1.807) is 0 Å². The summed E-state index contributed by atoms with van der Waals surface area (Å²) in [4.78, 5) is 0. The Balaban J connectivity index is 1.70. The number of aromatic nitrogens is 2. The molecule has 0 amide bonds. The normalized spacial score (nSPS) is 12.4. The van der Waals surface area contributed by atoms with Gasteiger partial charge in [-0.3, -0.25) is 5.10 Å². The van der Waals surface area contributed by atoms with E-state index < -0.39 is 6.10 Å². The van der Waals surface area contributed by atoms with Crippen molar-refractivity contribution >= 4 is 0 Å². The lowest BCUT2D eigenvalue weighted by atomic mass is 10.2. The molecule has 3 N–H and O–H groups in total. The highest BCUT2D eigenvalue weighted by Gasteiger charge is 2.08. The molecule has 21 heavy (non-hydrogen) atoms. The zero-order valence-corrected chi connectivity index (χ0v) is 12.2. The van der Waals surface area contributed by atoms with Crippen molar-refractivity contribution in [3.8, 4) is 5.75 Å². The van der Waals surface area contributed by atoms with Crippen LogP contribution in [0.5, 0.6) is 5.75 Å². The van der Waals surface area contributed by atoms with Crippen LogP contribution in [0.25, 0.3) is 0 Å². The fourth-order valence-corrected chi connectivity index (χ4v) is 1.98. The SMILES string of the molecule is Cc1n[nH]c(C)c1CNCC(O)COc1ccc(F)cc1. The summed E-state index contributed by atoms with van der Waals surface area (Å²) in [5.74, 6) is 0.229. The number of H-pyrrole nitrogens is 1. The molecular weight excluding hydrogens is 273 g/mol. The molecule has 0 saturated heterocycles. The number of nitrogens with zero attached hydrogens (tertiary/aromatic N) is 1. The van der Waals surface area contributed by atoms with Gasteiger partial charge in [0.25, 0.3) is 0 Å². The maximum Gasteiger partial charge on any atom is 0.123 e. The van der Waals surface area contributed by atoms with Crippen LogP contribution in [0.15, 0.2) is 24.3 Å². The van der Waals surface area contributed by atoms with Crippen molar-refractivity contribution in [2.45, 2.75) is 26.5 Å². The number of aromatic amines is 1. The van der Waals surface area contributed by atoms with Gasteiger partial charge >= 0.3 is 0 Å². The summed E-state index contributed by atoms with van der Waals surface area (Å²) in [7, 11) is 0. The third kappa shape index (κ3) is 4.54. The maximum absolute atomic E-state index is 12.7. The third-order valence-corrected chi connectivity index (χ3v) is 3.22. The Morgan fingerprint density at radius 1 is 1.33 bits per heavy atom. The summed E-state index contributed by atoms with van der Waals surface area (Å²) >= 11 is 0. The lowest BCUT2D eigenvalue weighted by Crippen LogP contribution is -2.31. The standard InChI is InChI=1S/C15H20FN3O2/c1-10-15(11(2)19-18-10)8-17-7-13(20)9-21-14-5-3-12(16)4-6-14/h3-6,13,17,20H,7-9H2,1-2H3,(H,18,19). The van der Waals surface area contributed by atoms with Gasteiger partial charge in [0.05, 0.1) is 5.69 Å². The number of hydrogen-bond donors (Lipinski definition) is 3. The number of ether oxygens (including phenoxy) is 1. The summed E-state index contributed by atoms with van der Waals surface area (Å²) in [6, 6.07) is 5.72. The molecule has 0 aliphatic carbocycles. The Kier molecular flexibility index (Phi) is 5.30. The Bertz CT molecular complexity index is 549. The van der Waals surface area contributed by atoms with Crippen LogP contribution in [0.3, 0.4) is 0 Å². The summed E-state index contributed by atoms with van der Waals surface area (Å²) in [5.41, 5.74) is 3.09. The van der Waals surface area contributed by atoms with E-state index in [-0.39, 0.29) is 12.4 Å². The fraction of sp³-hybridized carbons (Fsp3) is 0.400. The topological polar surface area (TPSA) is 70.2 Å². The lowest BCUT2D eigenvalue weighted by Gasteiger charge is -2.13. The summed E-state index contributed by atoms with van der Waals surface area (Å²) in [6.45, 7) is 5.11. The molecule has 2 aromatic rings. The molecular formula is C15H20FN3O2. The maximum atomic E-state index is 12.7. The number of halogens is 1. The van der Waals surface area contributed by atoms with E-state index in [2.05, 4.69) is 15.5 Å². The quantitative estimate of drug-likeness (QED) is 0.726. The zero-order chi connectivity index (χ0) is 15.2. The summed E-state index contributed by atoms with van der Waals surface area (Å²) in [6.07, 6.45) is -0.637. The van der Waals surface area contributed by atoms with Crippen LogP contribution in [-0.2, 0) is 6.54 Å². The van der Waals surface area contributed by atoms with Crippen LogP contribution in [0.2, 0.25) is 0 Å². The number of aryl methyl sites for hydroxylation is 2. The number of aliphatic hydroxyl groups excluding tert-OH is 1. The number of aliphatic hydroxyl groups is 1. The highest BCUT2D eigenvalue weighted by atomic mass is 19.1. The minimum atomic E-state index is -0.637. The average Bonchev–Trinajstić information content (AvgIpc) is 2.78. The van der Waals surface area contributed by atoms with Crippen LogP contribution >= 0.6 is 0 Å². The second-order valence-electron chi connectivity index (χ2n) is 4.96. The van der Waals surface area contributed by atoms with Gasteiger partial charge in [0, 0.05) is 24.3 Å². The molecule has 1 atom stereocenters. The minimum absolute atomic E-state index is 0.155. The first-order valence-electron chi connectivity index (χ1n) is 6.84. The summed E-state index contributed by atoms with van der Waals surface area (Å²) in [5, 5.41) is 20.0. The van der Waals surface area contributed by atoms with E-state index in [9.17, 15) is 9.50 Å². The molecule has 0 spiro atoms. The van der Waals surface area contributed by atoms with E-state index in [4.69, 9.17) is 4.74 Å². The van der Waals surface area contributed by atoms with Gasteiger partial charge in [0.15, 0.2) is 0 Å². The zero-order valence-electron chi connectivity index (χ0n) is 12.2. The summed E-state index contributed by atoms with van der Waals surface area (Å²) < 4.78 is 18.1. The molecule has 0 fully saturated rings. The number of rotatable bonds is 7. The van der Waals surface area contributed by atoms with Crippen molar-refractivity contribution in [3.05, 3.63) is 47.0 Å². The van der Waals surface area contributed by atoms with Crippen LogP contribution in [-0.4, -0.2) is 34.6 Å². The first-order valence-corrected chi connectivity index (χ1v) is 6.84. The molecule has 0 aliphatic rings. The van der Waals surface area contributed by atoms with Crippen molar-refractivity contribution in [3.63, 3.8) is 0 Å². The van der Waals surface area contributed by atoms with E-state index in [0.29, 0.717) is 18.8 Å². The molecule has 1 unspecified atom stereocenters. The highest BCUT2D eigenvalue weighted by molar-refractivity contribution is 5.23. The van der Waals surface area contributed by atoms with Crippen molar-refractivity contribution in [2.24, 2.45) is 0 Å². The molecule has 1 aromatic carbocycles. The van der Waals surface area contributed by atoms with Gasteiger partial charge in [-0.25, -0.2) is 4.39 Å². The van der Waals surface area contributed by atoms with Gasteiger partial charge in [-0.15, -0.1) is 0 Å².